The number of rotatable bonds is 7. The van der Waals surface area contributed by atoms with Crippen molar-refractivity contribution >= 4 is 29.9 Å². The number of aryl methyl sites for hydroxylation is 1. The molecule has 2 atom stereocenters. The molecule has 8 heteroatoms. The van der Waals surface area contributed by atoms with Crippen LogP contribution in [0.15, 0.2) is 41.7 Å². The van der Waals surface area contributed by atoms with Gasteiger partial charge in [0.2, 0.25) is 0 Å². The Bertz CT molecular complexity index is 780. The molecule has 0 amide bonds. The zero-order valence-corrected chi connectivity index (χ0v) is 19.7. The summed E-state index contributed by atoms with van der Waals surface area (Å²) in [6.07, 6.45) is 6.16. The minimum Gasteiger partial charge on any atom is -0.489 e. The van der Waals surface area contributed by atoms with Gasteiger partial charge in [0.1, 0.15) is 17.7 Å². The molecule has 29 heavy (non-hydrogen) atoms. The van der Waals surface area contributed by atoms with Gasteiger partial charge in [-0.15, -0.1) is 24.0 Å². The Balaban J connectivity index is 0.00000300. The summed E-state index contributed by atoms with van der Waals surface area (Å²) in [7, 11) is 1.95. The normalized spacial score (nSPS) is 17.7. The summed E-state index contributed by atoms with van der Waals surface area (Å²) in [4.78, 5) is 7.10. The van der Waals surface area contributed by atoms with Crippen molar-refractivity contribution in [1.29, 1.82) is 0 Å². The van der Waals surface area contributed by atoms with Crippen molar-refractivity contribution in [3.63, 3.8) is 0 Å². The summed E-state index contributed by atoms with van der Waals surface area (Å²) in [5.74, 6) is 1.95. The highest BCUT2D eigenvalue weighted by atomic mass is 127. The van der Waals surface area contributed by atoms with Crippen LogP contribution >= 0.6 is 24.0 Å². The third kappa shape index (κ3) is 7.17. The number of nitrogens with one attached hydrogen (secondary N) is 1. The highest BCUT2D eigenvalue weighted by Gasteiger charge is 2.25. The van der Waals surface area contributed by atoms with Crippen LogP contribution in [0.25, 0.3) is 0 Å². The SMILES string of the molecule is CCNC(=NCC(C)Oc1ccc(F)cc1)N1CCC(Cc2cnn(C)c2)C1.I. The Morgan fingerprint density at radius 1 is 1.38 bits per heavy atom. The number of benzene rings is 1. The summed E-state index contributed by atoms with van der Waals surface area (Å²) in [5.41, 5.74) is 1.29. The number of hydrogen-bond donors (Lipinski definition) is 1. The van der Waals surface area contributed by atoms with Crippen LogP contribution in [-0.2, 0) is 13.5 Å². The van der Waals surface area contributed by atoms with Crippen LogP contribution in [0.4, 0.5) is 4.39 Å². The molecule has 1 aliphatic heterocycles. The van der Waals surface area contributed by atoms with E-state index in [0.29, 0.717) is 18.2 Å². The first-order valence-corrected chi connectivity index (χ1v) is 9.96. The van der Waals surface area contributed by atoms with Crippen molar-refractivity contribution in [3.8, 4) is 5.75 Å². The average molecular weight is 515 g/mol. The molecular formula is C21H31FIN5O. The molecule has 0 aliphatic carbocycles. The van der Waals surface area contributed by atoms with Crippen LogP contribution in [0.3, 0.4) is 0 Å². The molecule has 0 saturated carbocycles. The fourth-order valence-corrected chi connectivity index (χ4v) is 3.53. The first-order chi connectivity index (χ1) is 13.5. The molecule has 2 aromatic rings. The fraction of sp³-hybridized carbons (Fsp3) is 0.524. The number of guanidine groups is 1. The van der Waals surface area contributed by atoms with Crippen molar-refractivity contribution in [2.75, 3.05) is 26.2 Å². The van der Waals surface area contributed by atoms with Gasteiger partial charge in [-0.3, -0.25) is 4.68 Å². The number of aliphatic imine (C=N–C) groups is 1. The summed E-state index contributed by atoms with van der Waals surface area (Å²) >= 11 is 0. The van der Waals surface area contributed by atoms with Gasteiger partial charge in [0.05, 0.1) is 12.7 Å². The van der Waals surface area contributed by atoms with E-state index < -0.39 is 0 Å². The number of aromatic nitrogens is 2. The molecule has 1 saturated heterocycles. The van der Waals surface area contributed by atoms with Crippen molar-refractivity contribution < 1.29 is 9.13 Å². The molecule has 1 N–H and O–H groups in total. The monoisotopic (exact) mass is 515 g/mol. The minimum atomic E-state index is -0.262. The van der Waals surface area contributed by atoms with Gasteiger partial charge in [-0.2, -0.15) is 5.10 Å². The standard InChI is InChI=1S/C21H30FN5O.HI/c1-4-23-21(24-12-16(2)28-20-7-5-19(22)6-8-20)27-10-9-17(15-27)11-18-13-25-26(3)14-18;/h5-8,13-14,16-17H,4,9-12,15H2,1-3H3,(H,23,24);1H. The number of halogens is 2. The van der Waals surface area contributed by atoms with Gasteiger partial charge in [-0.25, -0.2) is 9.38 Å². The smallest absolute Gasteiger partial charge is 0.194 e. The molecule has 2 heterocycles. The van der Waals surface area contributed by atoms with Gasteiger partial charge in [0, 0.05) is 32.9 Å². The van der Waals surface area contributed by atoms with Crippen LogP contribution in [0.5, 0.6) is 5.75 Å². The summed E-state index contributed by atoms with van der Waals surface area (Å²) in [6, 6.07) is 6.10. The largest absolute Gasteiger partial charge is 0.489 e. The van der Waals surface area contributed by atoms with E-state index >= 15 is 0 Å². The molecule has 2 unspecified atom stereocenters. The Hall–Kier alpha value is -1.84. The zero-order valence-electron chi connectivity index (χ0n) is 17.3. The van der Waals surface area contributed by atoms with Crippen molar-refractivity contribution in [2.24, 2.45) is 18.0 Å². The quantitative estimate of drug-likeness (QED) is 0.349. The molecule has 0 radical (unpaired) electrons. The Morgan fingerprint density at radius 2 is 2.14 bits per heavy atom. The van der Waals surface area contributed by atoms with Crippen LogP contribution < -0.4 is 10.1 Å². The van der Waals surface area contributed by atoms with Gasteiger partial charge < -0.3 is 15.0 Å². The van der Waals surface area contributed by atoms with E-state index in [4.69, 9.17) is 9.73 Å². The number of likely N-dealkylation sites (tertiary alicyclic amines) is 1. The number of hydrogen-bond acceptors (Lipinski definition) is 3. The number of nitrogens with zero attached hydrogens (tertiary/aromatic N) is 4. The van der Waals surface area contributed by atoms with Crippen LogP contribution in [0, 0.1) is 11.7 Å². The average Bonchev–Trinajstić information content (AvgIpc) is 3.30. The maximum absolute atomic E-state index is 13.0. The summed E-state index contributed by atoms with van der Waals surface area (Å²) < 4.78 is 20.7. The lowest BCUT2D eigenvalue weighted by Crippen LogP contribution is -2.40. The minimum absolute atomic E-state index is 0. The second-order valence-electron chi connectivity index (χ2n) is 7.40. The van der Waals surface area contributed by atoms with E-state index in [1.807, 2.05) is 24.9 Å². The fourth-order valence-electron chi connectivity index (χ4n) is 3.53. The third-order valence-corrected chi connectivity index (χ3v) is 4.85. The molecule has 6 nitrogen and oxygen atoms in total. The molecule has 1 aromatic carbocycles. The summed E-state index contributed by atoms with van der Waals surface area (Å²) in [5, 5.41) is 7.66. The van der Waals surface area contributed by atoms with Gasteiger partial charge in [0.25, 0.3) is 0 Å². The van der Waals surface area contributed by atoms with Gasteiger partial charge in [0.15, 0.2) is 5.96 Å². The Morgan fingerprint density at radius 3 is 2.79 bits per heavy atom. The molecule has 160 valence electrons. The van der Waals surface area contributed by atoms with E-state index in [1.165, 1.54) is 17.7 Å². The molecular weight excluding hydrogens is 484 g/mol. The van der Waals surface area contributed by atoms with E-state index in [2.05, 4.69) is 28.4 Å². The predicted molar refractivity (Wildman–Crippen MR) is 124 cm³/mol. The van der Waals surface area contributed by atoms with E-state index in [-0.39, 0.29) is 35.9 Å². The topological polar surface area (TPSA) is 54.7 Å². The van der Waals surface area contributed by atoms with Crippen molar-refractivity contribution in [1.82, 2.24) is 20.0 Å². The van der Waals surface area contributed by atoms with Crippen LogP contribution in [0.1, 0.15) is 25.8 Å². The number of ether oxygens (including phenoxy) is 1. The van der Waals surface area contributed by atoms with Gasteiger partial charge in [-0.05, 0) is 62.4 Å². The van der Waals surface area contributed by atoms with Crippen molar-refractivity contribution in [2.45, 2.75) is 32.8 Å². The second-order valence-corrected chi connectivity index (χ2v) is 7.40. The van der Waals surface area contributed by atoms with Crippen LogP contribution in [0.2, 0.25) is 0 Å². The molecule has 0 spiro atoms. The maximum Gasteiger partial charge on any atom is 0.194 e. The molecule has 3 rings (SSSR count). The first kappa shape index (κ1) is 23.4. The van der Waals surface area contributed by atoms with Gasteiger partial charge >= 0.3 is 0 Å². The highest BCUT2D eigenvalue weighted by molar-refractivity contribution is 14.0. The molecule has 1 fully saturated rings. The second kappa shape index (κ2) is 11.4. The van der Waals surface area contributed by atoms with E-state index in [1.54, 1.807) is 12.1 Å². The molecule has 1 aromatic heterocycles. The van der Waals surface area contributed by atoms with Crippen LogP contribution in [-0.4, -0.2) is 52.9 Å². The van der Waals surface area contributed by atoms with E-state index in [9.17, 15) is 4.39 Å². The third-order valence-electron chi connectivity index (χ3n) is 4.85. The first-order valence-electron chi connectivity index (χ1n) is 9.96. The molecule has 0 bridgehead atoms. The summed E-state index contributed by atoms with van der Waals surface area (Å²) in [6.45, 7) is 7.43. The molecule has 1 aliphatic rings. The van der Waals surface area contributed by atoms with Crippen molar-refractivity contribution in [3.05, 3.63) is 48.0 Å². The van der Waals surface area contributed by atoms with Gasteiger partial charge in [-0.1, -0.05) is 0 Å². The zero-order chi connectivity index (χ0) is 19.9. The lowest BCUT2D eigenvalue weighted by molar-refractivity contribution is 0.229. The lowest BCUT2D eigenvalue weighted by Gasteiger charge is -2.22. The predicted octanol–water partition coefficient (Wildman–Crippen LogP) is 3.47. The highest BCUT2D eigenvalue weighted by Crippen LogP contribution is 2.21. The Labute approximate surface area is 189 Å². The lowest BCUT2D eigenvalue weighted by atomic mass is 10.0. The van der Waals surface area contributed by atoms with E-state index in [0.717, 1.165) is 38.4 Å². The maximum atomic E-state index is 13.0. The Kier molecular flexibility index (Phi) is 9.19.